The van der Waals surface area contributed by atoms with Gasteiger partial charge in [-0.25, -0.2) is 9.69 Å². The van der Waals surface area contributed by atoms with Crippen molar-refractivity contribution >= 4 is 12.0 Å². The summed E-state index contributed by atoms with van der Waals surface area (Å²) >= 11 is 0. The van der Waals surface area contributed by atoms with Crippen molar-refractivity contribution in [3.8, 4) is 5.75 Å². The zero-order valence-electron chi connectivity index (χ0n) is 15.6. The lowest BCUT2D eigenvalue weighted by Crippen LogP contribution is -2.42. The Hall–Kier alpha value is -3.51. The second-order valence-corrected chi connectivity index (χ2v) is 6.42. The van der Waals surface area contributed by atoms with Crippen molar-refractivity contribution < 1.29 is 19.1 Å². The van der Waals surface area contributed by atoms with Crippen LogP contribution in [-0.2, 0) is 9.53 Å². The van der Waals surface area contributed by atoms with Crippen molar-refractivity contribution in [1.82, 2.24) is 4.90 Å². The number of carbonyl (C=O) groups excluding carboxylic acids is 2. The molecule has 0 aliphatic carbocycles. The molecule has 1 aliphatic heterocycles. The summed E-state index contributed by atoms with van der Waals surface area (Å²) in [6.07, 6.45) is -0.737. The average molecular weight is 380 g/mol. The van der Waals surface area contributed by atoms with Crippen molar-refractivity contribution in [2.24, 2.45) is 5.11 Å². The number of nitrogens with zero attached hydrogens (tertiary/aromatic N) is 4. The number of cyclic esters (lactones) is 1. The molecule has 0 bridgehead atoms. The fourth-order valence-electron chi connectivity index (χ4n) is 3.24. The van der Waals surface area contributed by atoms with Gasteiger partial charge in [-0.2, -0.15) is 0 Å². The minimum atomic E-state index is -1.09. The van der Waals surface area contributed by atoms with E-state index in [2.05, 4.69) is 10.0 Å². The molecule has 1 unspecified atom stereocenters. The number of imide groups is 1. The maximum atomic E-state index is 13.2. The summed E-state index contributed by atoms with van der Waals surface area (Å²) in [7, 11) is 1.56. The Bertz CT molecular complexity index is 894. The molecule has 0 saturated carbocycles. The Kier molecular flexibility index (Phi) is 5.81. The lowest BCUT2D eigenvalue weighted by Gasteiger charge is -2.26. The van der Waals surface area contributed by atoms with Crippen molar-refractivity contribution in [2.45, 2.75) is 24.9 Å². The third kappa shape index (κ3) is 3.77. The molecule has 1 fully saturated rings. The molecule has 3 rings (SSSR count). The SMILES string of the molecule is COc1ccc([C@@H](C)[C@H](N=[N+]=[N-])C(=O)N2C(=O)OCC2c2ccccc2)cc1. The highest BCUT2D eigenvalue weighted by Crippen LogP contribution is 2.32. The van der Waals surface area contributed by atoms with Gasteiger partial charge in [-0.3, -0.25) is 4.79 Å². The van der Waals surface area contributed by atoms with Gasteiger partial charge in [-0.1, -0.05) is 54.5 Å². The van der Waals surface area contributed by atoms with E-state index >= 15 is 0 Å². The van der Waals surface area contributed by atoms with Crippen LogP contribution in [-0.4, -0.2) is 36.7 Å². The van der Waals surface area contributed by atoms with Crippen LogP contribution in [0.2, 0.25) is 0 Å². The molecular weight excluding hydrogens is 360 g/mol. The second-order valence-electron chi connectivity index (χ2n) is 6.42. The number of benzene rings is 2. The van der Waals surface area contributed by atoms with E-state index in [-0.39, 0.29) is 6.61 Å². The number of ether oxygens (including phenoxy) is 2. The lowest BCUT2D eigenvalue weighted by atomic mass is 9.92. The number of methoxy groups -OCH3 is 1. The van der Waals surface area contributed by atoms with Gasteiger partial charge in [0.1, 0.15) is 24.4 Å². The van der Waals surface area contributed by atoms with E-state index in [1.54, 1.807) is 38.3 Å². The molecule has 0 aromatic heterocycles. The highest BCUT2D eigenvalue weighted by Gasteiger charge is 2.42. The Morgan fingerprint density at radius 2 is 1.93 bits per heavy atom. The van der Waals surface area contributed by atoms with Gasteiger partial charge in [0.2, 0.25) is 5.91 Å². The van der Waals surface area contributed by atoms with Gasteiger partial charge in [-0.05, 0) is 34.7 Å². The normalized spacial score (nSPS) is 18.0. The number of hydrogen-bond donors (Lipinski definition) is 0. The predicted molar refractivity (Wildman–Crippen MR) is 102 cm³/mol. The first-order valence-corrected chi connectivity index (χ1v) is 8.79. The maximum Gasteiger partial charge on any atom is 0.417 e. The number of amides is 2. The van der Waals surface area contributed by atoms with Crippen LogP contribution in [0, 0.1) is 0 Å². The van der Waals surface area contributed by atoms with E-state index in [0.717, 1.165) is 16.0 Å². The van der Waals surface area contributed by atoms with Gasteiger partial charge >= 0.3 is 6.09 Å². The fourth-order valence-corrected chi connectivity index (χ4v) is 3.24. The molecule has 1 saturated heterocycles. The molecule has 2 aromatic rings. The Morgan fingerprint density at radius 1 is 1.25 bits per heavy atom. The summed E-state index contributed by atoms with van der Waals surface area (Å²) in [5, 5.41) is 3.70. The summed E-state index contributed by atoms with van der Waals surface area (Å²) < 4.78 is 10.3. The minimum absolute atomic E-state index is 0.0640. The molecular formula is C20H20N4O4. The summed E-state index contributed by atoms with van der Waals surface area (Å²) in [6.45, 7) is 1.84. The minimum Gasteiger partial charge on any atom is -0.497 e. The first-order valence-electron chi connectivity index (χ1n) is 8.79. The zero-order chi connectivity index (χ0) is 20.1. The van der Waals surface area contributed by atoms with Crippen LogP contribution in [0.1, 0.15) is 30.0 Å². The molecule has 2 aromatic carbocycles. The Balaban J connectivity index is 1.90. The molecule has 8 heteroatoms. The van der Waals surface area contributed by atoms with Gasteiger partial charge in [0, 0.05) is 4.91 Å². The van der Waals surface area contributed by atoms with Crippen LogP contribution in [0.15, 0.2) is 59.7 Å². The van der Waals surface area contributed by atoms with Crippen LogP contribution >= 0.6 is 0 Å². The molecule has 8 nitrogen and oxygen atoms in total. The first kappa shape index (κ1) is 19.3. The van der Waals surface area contributed by atoms with Crippen molar-refractivity contribution in [2.75, 3.05) is 13.7 Å². The van der Waals surface area contributed by atoms with Crippen molar-refractivity contribution in [3.05, 3.63) is 76.2 Å². The van der Waals surface area contributed by atoms with E-state index < -0.39 is 30.0 Å². The molecule has 0 radical (unpaired) electrons. The van der Waals surface area contributed by atoms with Crippen LogP contribution in [0.4, 0.5) is 4.79 Å². The Morgan fingerprint density at radius 3 is 2.54 bits per heavy atom. The van der Waals surface area contributed by atoms with Crippen LogP contribution in [0.3, 0.4) is 0 Å². The summed E-state index contributed by atoms with van der Waals surface area (Å²) in [4.78, 5) is 29.4. The van der Waals surface area contributed by atoms with Gasteiger partial charge < -0.3 is 9.47 Å². The molecule has 1 heterocycles. The molecule has 1 aliphatic rings. The van der Waals surface area contributed by atoms with Gasteiger partial charge in [0.15, 0.2) is 0 Å². The number of azide groups is 1. The van der Waals surface area contributed by atoms with E-state index in [1.807, 2.05) is 30.3 Å². The highest BCUT2D eigenvalue weighted by molar-refractivity contribution is 5.97. The standard InChI is InChI=1S/C20H20N4O4/c1-13(14-8-10-16(27-2)11-9-14)18(22-23-21)19(25)24-17(12-28-20(24)26)15-6-4-3-5-7-15/h3-11,13,17-18H,12H2,1-2H3/t13-,17?,18+/m1/s1. The second kappa shape index (κ2) is 8.45. The molecule has 3 atom stereocenters. The fraction of sp³-hybridized carbons (Fsp3) is 0.300. The van der Waals surface area contributed by atoms with E-state index in [4.69, 9.17) is 15.0 Å². The van der Waals surface area contributed by atoms with Crippen LogP contribution in [0.5, 0.6) is 5.75 Å². The van der Waals surface area contributed by atoms with E-state index in [1.165, 1.54) is 0 Å². The van der Waals surface area contributed by atoms with Crippen molar-refractivity contribution in [1.29, 1.82) is 0 Å². The third-order valence-corrected chi connectivity index (χ3v) is 4.84. The van der Waals surface area contributed by atoms with Gasteiger partial charge in [0.05, 0.1) is 7.11 Å². The predicted octanol–water partition coefficient (Wildman–Crippen LogP) is 4.20. The zero-order valence-corrected chi connectivity index (χ0v) is 15.6. The molecule has 0 spiro atoms. The summed E-state index contributed by atoms with van der Waals surface area (Å²) in [6, 6.07) is 14.6. The van der Waals surface area contributed by atoms with Gasteiger partial charge in [-0.15, -0.1) is 0 Å². The third-order valence-electron chi connectivity index (χ3n) is 4.84. The van der Waals surface area contributed by atoms with Crippen molar-refractivity contribution in [3.63, 3.8) is 0 Å². The average Bonchev–Trinajstić information content (AvgIpc) is 3.13. The molecule has 2 amide bonds. The van der Waals surface area contributed by atoms with Gasteiger partial charge in [0.25, 0.3) is 0 Å². The lowest BCUT2D eigenvalue weighted by molar-refractivity contribution is -0.131. The topological polar surface area (TPSA) is 105 Å². The van der Waals surface area contributed by atoms with E-state index in [0.29, 0.717) is 5.75 Å². The van der Waals surface area contributed by atoms with Crippen LogP contribution in [0.25, 0.3) is 10.4 Å². The quantitative estimate of drug-likeness (QED) is 0.425. The number of hydrogen-bond acceptors (Lipinski definition) is 5. The van der Waals surface area contributed by atoms with E-state index in [9.17, 15) is 9.59 Å². The molecule has 144 valence electrons. The summed E-state index contributed by atoms with van der Waals surface area (Å²) in [5.74, 6) is -0.355. The number of rotatable bonds is 6. The first-order chi connectivity index (χ1) is 13.6. The monoisotopic (exact) mass is 380 g/mol. The van der Waals surface area contributed by atoms with Crippen LogP contribution < -0.4 is 4.74 Å². The molecule has 28 heavy (non-hydrogen) atoms. The smallest absolute Gasteiger partial charge is 0.417 e. The highest BCUT2D eigenvalue weighted by atomic mass is 16.6. The number of carbonyl (C=O) groups is 2. The molecule has 0 N–H and O–H groups in total. The maximum absolute atomic E-state index is 13.2. The summed E-state index contributed by atoms with van der Waals surface area (Å²) in [5.41, 5.74) is 10.6. The largest absolute Gasteiger partial charge is 0.497 e. The Labute approximate surface area is 162 Å².